The van der Waals surface area contributed by atoms with E-state index in [1.165, 1.54) is 11.8 Å². The summed E-state index contributed by atoms with van der Waals surface area (Å²) in [5.74, 6) is -1.03. The molecule has 2 amide bonds. The number of hydrogen-bond donors (Lipinski definition) is 2. The Morgan fingerprint density at radius 1 is 1.25 bits per heavy atom. The van der Waals surface area contributed by atoms with Crippen molar-refractivity contribution in [1.82, 2.24) is 4.90 Å². The number of rotatable bonds is 3. The molecule has 0 aromatic heterocycles. The first-order valence-corrected chi connectivity index (χ1v) is 6.40. The number of nitrogens with one attached hydrogen (secondary N) is 1. The molecule has 0 radical (unpaired) electrons. The summed E-state index contributed by atoms with van der Waals surface area (Å²) in [6.07, 6.45) is 1.17. The molecule has 2 N–H and O–H groups in total. The van der Waals surface area contributed by atoms with Crippen molar-refractivity contribution < 1.29 is 19.5 Å². The lowest BCUT2D eigenvalue weighted by molar-refractivity contribution is -0.141. The molecule has 0 unspecified atom stereocenters. The number of carboxylic acid groups (broad SMARTS) is 1. The predicted octanol–water partition coefficient (Wildman–Crippen LogP) is 1.97. The lowest BCUT2D eigenvalue weighted by Gasteiger charge is -2.21. The number of likely N-dealkylation sites (tertiary alicyclic amines) is 1. The number of amides is 2. The standard InChI is InChI=1S/C14H16N2O4/c1-9(17)10-4-6-11(7-5-10)15-14(20)16-8-2-3-12(16)13(18)19/h4-7,12H,2-3,8H2,1H3,(H,15,20)(H,18,19)/t12-/m1/s1. The van der Waals surface area contributed by atoms with Crippen molar-refractivity contribution >= 4 is 23.5 Å². The van der Waals surface area contributed by atoms with Gasteiger partial charge in [0.25, 0.3) is 0 Å². The Morgan fingerprint density at radius 3 is 2.45 bits per heavy atom. The molecule has 1 saturated heterocycles. The maximum atomic E-state index is 12.0. The van der Waals surface area contributed by atoms with Crippen LogP contribution in [-0.2, 0) is 4.79 Å². The van der Waals surface area contributed by atoms with E-state index in [2.05, 4.69) is 5.32 Å². The number of aliphatic carboxylic acids is 1. The zero-order valence-electron chi connectivity index (χ0n) is 11.1. The van der Waals surface area contributed by atoms with E-state index >= 15 is 0 Å². The van der Waals surface area contributed by atoms with E-state index in [1.807, 2.05) is 0 Å². The number of benzene rings is 1. The van der Waals surface area contributed by atoms with Crippen LogP contribution >= 0.6 is 0 Å². The van der Waals surface area contributed by atoms with Gasteiger partial charge in [-0.2, -0.15) is 0 Å². The smallest absolute Gasteiger partial charge is 0.326 e. The average molecular weight is 276 g/mol. The van der Waals surface area contributed by atoms with Gasteiger partial charge in [0.15, 0.2) is 5.78 Å². The van der Waals surface area contributed by atoms with Crippen molar-refractivity contribution in [2.45, 2.75) is 25.8 Å². The zero-order chi connectivity index (χ0) is 14.7. The molecule has 106 valence electrons. The highest BCUT2D eigenvalue weighted by Crippen LogP contribution is 2.19. The number of anilines is 1. The quantitative estimate of drug-likeness (QED) is 0.826. The van der Waals surface area contributed by atoms with E-state index < -0.39 is 18.0 Å². The van der Waals surface area contributed by atoms with Crippen LogP contribution in [-0.4, -0.2) is 40.4 Å². The van der Waals surface area contributed by atoms with Crippen LogP contribution in [0.4, 0.5) is 10.5 Å². The van der Waals surface area contributed by atoms with Crippen molar-refractivity contribution in [3.05, 3.63) is 29.8 Å². The van der Waals surface area contributed by atoms with Gasteiger partial charge in [-0.1, -0.05) is 0 Å². The second-order valence-electron chi connectivity index (χ2n) is 4.75. The molecular formula is C14H16N2O4. The number of carbonyl (C=O) groups excluding carboxylic acids is 2. The molecule has 1 heterocycles. The van der Waals surface area contributed by atoms with E-state index in [-0.39, 0.29) is 5.78 Å². The number of Topliss-reactive ketones (excluding diaryl/α,β-unsaturated/α-hetero) is 1. The number of urea groups is 1. The molecule has 1 aromatic carbocycles. The molecule has 6 heteroatoms. The normalized spacial score (nSPS) is 17.9. The van der Waals surface area contributed by atoms with Gasteiger partial charge in [-0.15, -0.1) is 0 Å². The van der Waals surface area contributed by atoms with Crippen LogP contribution in [0.5, 0.6) is 0 Å². The topological polar surface area (TPSA) is 86.7 Å². The van der Waals surface area contributed by atoms with Crippen LogP contribution in [0.25, 0.3) is 0 Å². The number of carboxylic acids is 1. The highest BCUT2D eigenvalue weighted by atomic mass is 16.4. The fourth-order valence-corrected chi connectivity index (χ4v) is 2.25. The van der Waals surface area contributed by atoms with E-state index in [4.69, 9.17) is 5.11 Å². The van der Waals surface area contributed by atoms with Gasteiger partial charge in [-0.05, 0) is 44.0 Å². The molecule has 0 spiro atoms. The van der Waals surface area contributed by atoms with Crippen molar-refractivity contribution in [3.8, 4) is 0 Å². The Hall–Kier alpha value is -2.37. The Kier molecular flexibility index (Phi) is 4.02. The largest absolute Gasteiger partial charge is 0.480 e. The highest BCUT2D eigenvalue weighted by molar-refractivity contribution is 5.96. The van der Waals surface area contributed by atoms with E-state index in [0.29, 0.717) is 30.6 Å². The van der Waals surface area contributed by atoms with Crippen LogP contribution < -0.4 is 5.32 Å². The summed E-state index contributed by atoms with van der Waals surface area (Å²) in [5.41, 5.74) is 1.10. The summed E-state index contributed by atoms with van der Waals surface area (Å²) in [6, 6.07) is 5.31. The average Bonchev–Trinajstić information content (AvgIpc) is 2.88. The molecule has 6 nitrogen and oxygen atoms in total. The summed E-state index contributed by atoms with van der Waals surface area (Å²) in [7, 11) is 0. The molecule has 1 aliphatic rings. The second kappa shape index (κ2) is 5.73. The van der Waals surface area contributed by atoms with Crippen molar-refractivity contribution in [2.24, 2.45) is 0 Å². The minimum absolute atomic E-state index is 0.0478. The summed E-state index contributed by atoms with van der Waals surface area (Å²) < 4.78 is 0. The van der Waals surface area contributed by atoms with Crippen LogP contribution in [0.15, 0.2) is 24.3 Å². The summed E-state index contributed by atoms with van der Waals surface area (Å²) >= 11 is 0. The first-order valence-electron chi connectivity index (χ1n) is 6.40. The lowest BCUT2D eigenvalue weighted by Crippen LogP contribution is -2.42. The van der Waals surface area contributed by atoms with Crippen molar-refractivity contribution in [3.63, 3.8) is 0 Å². The van der Waals surface area contributed by atoms with Crippen LogP contribution in [0, 0.1) is 0 Å². The fourth-order valence-electron chi connectivity index (χ4n) is 2.25. The third-order valence-corrected chi connectivity index (χ3v) is 3.34. The maximum Gasteiger partial charge on any atom is 0.326 e. The van der Waals surface area contributed by atoms with Gasteiger partial charge in [0, 0.05) is 17.8 Å². The van der Waals surface area contributed by atoms with Gasteiger partial charge in [-0.25, -0.2) is 9.59 Å². The molecule has 0 bridgehead atoms. The van der Waals surface area contributed by atoms with Crippen molar-refractivity contribution in [2.75, 3.05) is 11.9 Å². The molecule has 20 heavy (non-hydrogen) atoms. The Morgan fingerprint density at radius 2 is 1.90 bits per heavy atom. The maximum absolute atomic E-state index is 12.0. The van der Waals surface area contributed by atoms with E-state index in [9.17, 15) is 14.4 Å². The van der Waals surface area contributed by atoms with Gasteiger partial charge in [0.2, 0.25) is 0 Å². The molecule has 0 aliphatic carbocycles. The number of carbonyl (C=O) groups is 3. The Balaban J connectivity index is 2.04. The number of hydrogen-bond acceptors (Lipinski definition) is 3. The monoisotopic (exact) mass is 276 g/mol. The molecule has 1 atom stereocenters. The first-order chi connectivity index (χ1) is 9.49. The predicted molar refractivity (Wildman–Crippen MR) is 72.8 cm³/mol. The molecule has 1 fully saturated rings. The minimum Gasteiger partial charge on any atom is -0.480 e. The summed E-state index contributed by atoms with van der Waals surface area (Å²) in [5, 5.41) is 11.7. The number of ketones is 1. The lowest BCUT2D eigenvalue weighted by atomic mass is 10.1. The van der Waals surface area contributed by atoms with Gasteiger partial charge in [-0.3, -0.25) is 4.79 Å². The molecule has 1 aliphatic heterocycles. The second-order valence-corrected chi connectivity index (χ2v) is 4.75. The first kappa shape index (κ1) is 14.0. The summed E-state index contributed by atoms with van der Waals surface area (Å²) in [4.78, 5) is 35.5. The van der Waals surface area contributed by atoms with Crippen molar-refractivity contribution in [1.29, 1.82) is 0 Å². The molecule has 2 rings (SSSR count). The molecular weight excluding hydrogens is 260 g/mol. The fraction of sp³-hybridized carbons (Fsp3) is 0.357. The molecule has 0 saturated carbocycles. The van der Waals surface area contributed by atoms with E-state index in [1.54, 1.807) is 24.3 Å². The third kappa shape index (κ3) is 2.96. The number of nitrogens with zero attached hydrogens (tertiary/aromatic N) is 1. The van der Waals surface area contributed by atoms with Gasteiger partial charge >= 0.3 is 12.0 Å². The third-order valence-electron chi connectivity index (χ3n) is 3.34. The zero-order valence-corrected chi connectivity index (χ0v) is 11.1. The Labute approximate surface area is 116 Å². The SMILES string of the molecule is CC(=O)c1ccc(NC(=O)N2CCC[C@@H]2C(=O)O)cc1. The highest BCUT2D eigenvalue weighted by Gasteiger charge is 2.33. The Bertz CT molecular complexity index is 539. The van der Waals surface area contributed by atoms with Gasteiger partial charge in [0.05, 0.1) is 0 Å². The van der Waals surface area contributed by atoms with Crippen LogP contribution in [0.1, 0.15) is 30.1 Å². The van der Waals surface area contributed by atoms with Crippen LogP contribution in [0.3, 0.4) is 0 Å². The van der Waals surface area contributed by atoms with Gasteiger partial charge in [0.1, 0.15) is 6.04 Å². The van der Waals surface area contributed by atoms with E-state index in [0.717, 1.165) is 0 Å². The minimum atomic E-state index is -0.982. The summed E-state index contributed by atoms with van der Waals surface area (Å²) in [6.45, 7) is 1.91. The molecule has 1 aromatic rings. The van der Waals surface area contributed by atoms with Gasteiger partial charge < -0.3 is 15.3 Å². The van der Waals surface area contributed by atoms with Crippen LogP contribution in [0.2, 0.25) is 0 Å².